The third-order valence-corrected chi connectivity index (χ3v) is 9.42. The summed E-state index contributed by atoms with van der Waals surface area (Å²) in [5.74, 6) is 0.609. The summed E-state index contributed by atoms with van der Waals surface area (Å²) in [6.07, 6.45) is 3.49. The number of piperidine rings is 1. The van der Waals surface area contributed by atoms with Crippen LogP contribution in [0.25, 0.3) is 0 Å². The lowest BCUT2D eigenvalue weighted by Crippen LogP contribution is -2.63. The molecule has 4 aliphatic heterocycles. The molecule has 4 aliphatic rings. The number of hydrogen-bond acceptors (Lipinski definition) is 7. The molecule has 0 radical (unpaired) electrons. The molecule has 234 valence electrons. The Hall–Kier alpha value is -3.11. The molecule has 0 aliphatic carbocycles. The van der Waals surface area contributed by atoms with Crippen molar-refractivity contribution in [2.24, 2.45) is 0 Å². The number of anilines is 2. The molecular formula is C33H46F2N6O2. The van der Waals surface area contributed by atoms with Gasteiger partial charge < -0.3 is 19.4 Å². The Bertz CT molecular complexity index is 1300. The Morgan fingerprint density at radius 2 is 1.84 bits per heavy atom. The van der Waals surface area contributed by atoms with Crippen molar-refractivity contribution in [3.63, 3.8) is 0 Å². The number of aromatic nitrogens is 2. The standard InChI is InChI=1S/C31H40F2N6O2.C2H6/c1-4-6-23-25(39-18-22(19-39)36-13-15-38(16-14-36)27(40)5-2)17-26(35-29(23)30(32)33)37-11-8-31(9-12-37)28-21(3)7-10-34-24(28)20-41-31;1-2/h5,7,10,17,22,30H,2,4,6,8-9,11-16,18-20H2,1,3H3;1-2H3. The molecule has 1 amide bonds. The van der Waals surface area contributed by atoms with Crippen molar-refractivity contribution in [1.82, 2.24) is 19.8 Å². The smallest absolute Gasteiger partial charge is 0.280 e. The molecule has 1 spiro atoms. The van der Waals surface area contributed by atoms with Crippen LogP contribution in [0.2, 0.25) is 0 Å². The first-order valence-corrected chi connectivity index (χ1v) is 15.9. The lowest BCUT2D eigenvalue weighted by molar-refractivity contribution is -0.128. The minimum absolute atomic E-state index is 0.0212. The SMILES string of the molecule is C=CC(=O)N1CCN(C2CN(c3cc(N4CCC5(CC4)OCc4nccc(C)c45)nc(C(F)F)c3CCC)C2)CC1.CC. The third kappa shape index (κ3) is 6.00. The maximum Gasteiger partial charge on any atom is 0.280 e. The van der Waals surface area contributed by atoms with Crippen molar-refractivity contribution in [2.45, 2.75) is 78.1 Å². The normalized spacial score (nSPS) is 20.1. The molecule has 8 nitrogen and oxygen atoms in total. The van der Waals surface area contributed by atoms with E-state index in [1.807, 2.05) is 44.0 Å². The summed E-state index contributed by atoms with van der Waals surface area (Å²) in [4.78, 5) is 29.7. The van der Waals surface area contributed by atoms with Gasteiger partial charge in [-0.2, -0.15) is 0 Å². The van der Waals surface area contributed by atoms with Gasteiger partial charge in [-0.25, -0.2) is 13.8 Å². The Labute approximate surface area is 254 Å². The van der Waals surface area contributed by atoms with Gasteiger partial charge in [0.05, 0.1) is 17.9 Å². The number of piperazine rings is 1. The van der Waals surface area contributed by atoms with Gasteiger partial charge in [-0.1, -0.05) is 33.8 Å². The second-order valence-corrected chi connectivity index (χ2v) is 11.8. The highest BCUT2D eigenvalue weighted by atomic mass is 19.3. The number of carbonyl (C=O) groups excluding carboxylic acids is 1. The molecule has 6 heterocycles. The largest absolute Gasteiger partial charge is 0.368 e. The molecule has 0 N–H and O–H groups in total. The summed E-state index contributed by atoms with van der Waals surface area (Å²) in [6, 6.07) is 4.43. The number of hydrogen-bond donors (Lipinski definition) is 0. The van der Waals surface area contributed by atoms with Crippen LogP contribution in [0.1, 0.15) is 74.5 Å². The number of aryl methyl sites for hydroxylation is 1. The van der Waals surface area contributed by atoms with Crippen molar-refractivity contribution < 1.29 is 18.3 Å². The van der Waals surface area contributed by atoms with Gasteiger partial charge in [-0.15, -0.1) is 0 Å². The zero-order chi connectivity index (χ0) is 30.7. The van der Waals surface area contributed by atoms with Crippen LogP contribution < -0.4 is 9.80 Å². The summed E-state index contributed by atoms with van der Waals surface area (Å²) >= 11 is 0. The van der Waals surface area contributed by atoms with Crippen LogP contribution in [0.5, 0.6) is 0 Å². The van der Waals surface area contributed by atoms with Gasteiger partial charge in [0, 0.05) is 87.5 Å². The van der Waals surface area contributed by atoms with E-state index in [0.29, 0.717) is 56.6 Å². The summed E-state index contributed by atoms with van der Waals surface area (Å²) < 4.78 is 35.2. The highest BCUT2D eigenvalue weighted by Crippen LogP contribution is 2.46. The van der Waals surface area contributed by atoms with Crippen molar-refractivity contribution in [3.8, 4) is 0 Å². The average molecular weight is 597 g/mol. The lowest BCUT2D eigenvalue weighted by Gasteiger charge is -2.49. The van der Waals surface area contributed by atoms with E-state index < -0.39 is 6.43 Å². The van der Waals surface area contributed by atoms with Crippen LogP contribution in [0.4, 0.5) is 20.3 Å². The molecule has 0 aromatic carbocycles. The lowest BCUT2D eigenvalue weighted by atomic mass is 9.83. The van der Waals surface area contributed by atoms with Crippen LogP contribution in [-0.2, 0) is 28.2 Å². The number of ether oxygens (including phenoxy) is 1. The molecule has 0 saturated carbocycles. The van der Waals surface area contributed by atoms with Crippen LogP contribution >= 0.6 is 0 Å². The fraction of sp³-hybridized carbons (Fsp3) is 0.606. The first-order valence-electron chi connectivity index (χ1n) is 15.9. The molecular weight excluding hydrogens is 550 g/mol. The van der Waals surface area contributed by atoms with E-state index in [9.17, 15) is 13.6 Å². The minimum atomic E-state index is -2.63. The number of pyridine rings is 2. The summed E-state index contributed by atoms with van der Waals surface area (Å²) in [5.41, 5.74) is 4.56. The van der Waals surface area contributed by atoms with Crippen LogP contribution in [-0.4, -0.2) is 84.1 Å². The first kappa shape index (κ1) is 31.3. The predicted molar refractivity (Wildman–Crippen MR) is 166 cm³/mol. The molecule has 0 bridgehead atoms. The number of carbonyl (C=O) groups is 1. The summed E-state index contributed by atoms with van der Waals surface area (Å²) in [5, 5.41) is 0. The second kappa shape index (κ2) is 13.3. The summed E-state index contributed by atoms with van der Waals surface area (Å²) in [6.45, 7) is 18.2. The van der Waals surface area contributed by atoms with Gasteiger partial charge in [0.15, 0.2) is 0 Å². The molecule has 3 saturated heterocycles. The van der Waals surface area contributed by atoms with Gasteiger partial charge in [-0.05, 0) is 43.9 Å². The Balaban J connectivity index is 0.00000180. The van der Waals surface area contributed by atoms with Crippen molar-refractivity contribution in [2.75, 3.05) is 62.2 Å². The molecule has 2 aromatic rings. The molecule has 6 rings (SSSR count). The molecule has 43 heavy (non-hydrogen) atoms. The van der Waals surface area contributed by atoms with E-state index in [-0.39, 0.29) is 17.2 Å². The van der Waals surface area contributed by atoms with Crippen molar-refractivity contribution in [1.29, 1.82) is 0 Å². The van der Waals surface area contributed by atoms with E-state index in [4.69, 9.17) is 4.74 Å². The van der Waals surface area contributed by atoms with E-state index in [1.54, 1.807) is 0 Å². The third-order valence-electron chi connectivity index (χ3n) is 9.42. The van der Waals surface area contributed by atoms with Gasteiger partial charge in [0.2, 0.25) is 5.91 Å². The monoisotopic (exact) mass is 596 g/mol. The van der Waals surface area contributed by atoms with E-state index in [2.05, 4.69) is 38.2 Å². The molecule has 0 atom stereocenters. The predicted octanol–water partition coefficient (Wildman–Crippen LogP) is 5.25. The molecule has 2 aromatic heterocycles. The number of alkyl halides is 2. The first-order chi connectivity index (χ1) is 20.8. The second-order valence-electron chi connectivity index (χ2n) is 11.8. The number of nitrogens with zero attached hydrogens (tertiary/aromatic N) is 6. The number of halogens is 2. The fourth-order valence-corrected chi connectivity index (χ4v) is 7.13. The van der Waals surface area contributed by atoms with Crippen molar-refractivity contribution >= 4 is 17.4 Å². The highest BCUT2D eigenvalue weighted by Gasteiger charge is 2.45. The Morgan fingerprint density at radius 3 is 2.47 bits per heavy atom. The quantitative estimate of drug-likeness (QED) is 0.405. The van der Waals surface area contributed by atoms with Crippen LogP contribution in [0.15, 0.2) is 31.0 Å². The topological polar surface area (TPSA) is 65.0 Å². The van der Waals surface area contributed by atoms with E-state index in [1.165, 1.54) is 17.2 Å². The molecule has 3 fully saturated rings. The zero-order valence-corrected chi connectivity index (χ0v) is 26.1. The van der Waals surface area contributed by atoms with Crippen LogP contribution in [0, 0.1) is 6.92 Å². The molecule has 0 unspecified atom stereocenters. The van der Waals surface area contributed by atoms with E-state index in [0.717, 1.165) is 56.8 Å². The molecule has 10 heteroatoms. The zero-order valence-electron chi connectivity index (χ0n) is 26.1. The Kier molecular flexibility index (Phi) is 9.66. The maximum absolute atomic E-state index is 14.4. The fourth-order valence-electron chi connectivity index (χ4n) is 7.13. The van der Waals surface area contributed by atoms with E-state index >= 15 is 0 Å². The van der Waals surface area contributed by atoms with Gasteiger partial charge in [0.1, 0.15) is 11.5 Å². The summed E-state index contributed by atoms with van der Waals surface area (Å²) in [7, 11) is 0. The maximum atomic E-state index is 14.4. The number of amides is 1. The number of rotatable bonds is 7. The minimum Gasteiger partial charge on any atom is -0.368 e. The average Bonchev–Trinajstić information content (AvgIpc) is 3.37. The highest BCUT2D eigenvalue weighted by molar-refractivity contribution is 5.87. The number of fused-ring (bicyclic) bond motifs is 2. The van der Waals surface area contributed by atoms with Crippen molar-refractivity contribution in [3.05, 3.63) is 59.1 Å². The van der Waals surface area contributed by atoms with Crippen LogP contribution in [0.3, 0.4) is 0 Å². The van der Waals surface area contributed by atoms with Gasteiger partial charge in [-0.3, -0.25) is 14.7 Å². The Morgan fingerprint density at radius 1 is 1.14 bits per heavy atom. The van der Waals surface area contributed by atoms with Gasteiger partial charge in [0.25, 0.3) is 6.43 Å². The van der Waals surface area contributed by atoms with Gasteiger partial charge >= 0.3 is 0 Å².